The van der Waals surface area contributed by atoms with Crippen LogP contribution in [0.2, 0.25) is 0 Å². The Labute approximate surface area is 83.8 Å². The molecule has 1 fully saturated rings. The van der Waals surface area contributed by atoms with Crippen LogP contribution in [0.5, 0.6) is 0 Å². The van der Waals surface area contributed by atoms with E-state index in [9.17, 15) is 4.79 Å². The third kappa shape index (κ3) is 3.20. The van der Waals surface area contributed by atoms with Gasteiger partial charge in [0.05, 0.1) is 12.2 Å². The van der Waals surface area contributed by atoms with Crippen molar-refractivity contribution in [2.24, 2.45) is 0 Å². The molecule has 0 aromatic carbocycles. The Hall–Kier alpha value is -1.32. The number of nitrogens with one attached hydrogen (secondary N) is 2. The summed E-state index contributed by atoms with van der Waals surface area (Å²) in [5.41, 5.74) is 0.551. The van der Waals surface area contributed by atoms with Crippen molar-refractivity contribution in [2.75, 3.05) is 6.61 Å². The van der Waals surface area contributed by atoms with Gasteiger partial charge in [0.15, 0.2) is 0 Å². The zero-order valence-corrected chi connectivity index (χ0v) is 8.59. The van der Waals surface area contributed by atoms with Gasteiger partial charge in [-0.05, 0) is 26.7 Å². The lowest BCUT2D eigenvalue weighted by molar-refractivity contribution is -0.137. The molecule has 0 spiro atoms. The molecule has 0 unspecified atom stereocenters. The molecular weight excluding hydrogens is 180 g/mol. The third-order valence-corrected chi connectivity index (χ3v) is 1.94. The lowest BCUT2D eigenvalue weighted by atomic mass is 10.2. The molecule has 4 nitrogen and oxygen atoms in total. The van der Waals surface area contributed by atoms with E-state index in [1.165, 1.54) is 0 Å². The van der Waals surface area contributed by atoms with Crippen molar-refractivity contribution in [3.05, 3.63) is 11.8 Å². The molecule has 1 rings (SSSR count). The topological polar surface area (TPSA) is 62.2 Å². The van der Waals surface area contributed by atoms with E-state index in [4.69, 9.17) is 10.1 Å². The lowest BCUT2D eigenvalue weighted by Gasteiger charge is -2.05. The van der Waals surface area contributed by atoms with E-state index < -0.39 is 5.97 Å². The van der Waals surface area contributed by atoms with Gasteiger partial charge >= 0.3 is 5.97 Å². The largest absolute Gasteiger partial charge is 0.462 e. The molecule has 0 saturated heterocycles. The fourth-order valence-electron chi connectivity index (χ4n) is 0.980. The van der Waals surface area contributed by atoms with Gasteiger partial charge in [-0.1, -0.05) is 0 Å². The molecule has 2 N–H and O–H groups in total. The predicted molar refractivity (Wildman–Crippen MR) is 54.3 cm³/mol. The number of esters is 1. The molecule has 14 heavy (non-hydrogen) atoms. The Kier molecular flexibility index (Phi) is 3.68. The van der Waals surface area contributed by atoms with E-state index in [2.05, 4.69) is 5.32 Å². The minimum absolute atomic E-state index is 0.233. The van der Waals surface area contributed by atoms with Crippen LogP contribution in [0.15, 0.2) is 11.8 Å². The van der Waals surface area contributed by atoms with Gasteiger partial charge in [-0.3, -0.25) is 0 Å². The molecule has 0 aliphatic heterocycles. The van der Waals surface area contributed by atoms with Gasteiger partial charge in [0.2, 0.25) is 0 Å². The van der Waals surface area contributed by atoms with Crippen molar-refractivity contribution < 1.29 is 9.53 Å². The number of carbonyl (C=O) groups excluding carboxylic acids is 1. The Balaban J connectivity index is 2.56. The molecule has 0 aromatic rings. The molecule has 4 heteroatoms. The minimum Gasteiger partial charge on any atom is -0.462 e. The van der Waals surface area contributed by atoms with Crippen molar-refractivity contribution in [3.63, 3.8) is 0 Å². The first-order valence-electron chi connectivity index (χ1n) is 4.84. The average molecular weight is 196 g/mol. The number of rotatable bonds is 5. The molecule has 78 valence electrons. The van der Waals surface area contributed by atoms with Gasteiger partial charge in [0.25, 0.3) is 0 Å². The molecule has 0 bridgehead atoms. The zero-order chi connectivity index (χ0) is 10.6. The Morgan fingerprint density at radius 2 is 2.29 bits per heavy atom. The average Bonchev–Trinajstić information content (AvgIpc) is 2.88. The van der Waals surface area contributed by atoms with Crippen LogP contribution in [0.25, 0.3) is 0 Å². The van der Waals surface area contributed by atoms with Gasteiger partial charge in [-0.25, -0.2) is 4.79 Å². The summed E-state index contributed by atoms with van der Waals surface area (Å²) in [4.78, 5) is 11.3. The van der Waals surface area contributed by atoms with E-state index in [0.717, 1.165) is 12.8 Å². The van der Waals surface area contributed by atoms with Crippen LogP contribution >= 0.6 is 0 Å². The maximum atomic E-state index is 11.3. The highest BCUT2D eigenvalue weighted by molar-refractivity contribution is 6.17. The first kappa shape index (κ1) is 10.8. The maximum Gasteiger partial charge on any atom is 0.341 e. The summed E-state index contributed by atoms with van der Waals surface area (Å²) < 4.78 is 4.83. The van der Waals surface area contributed by atoms with Crippen LogP contribution in [0.4, 0.5) is 0 Å². The molecular formula is C10H16N2O2. The molecule has 0 atom stereocenters. The first-order chi connectivity index (χ1) is 6.65. The lowest BCUT2D eigenvalue weighted by Crippen LogP contribution is -2.18. The van der Waals surface area contributed by atoms with Crippen molar-refractivity contribution in [3.8, 4) is 0 Å². The molecule has 1 aliphatic carbocycles. The Morgan fingerprint density at radius 1 is 1.64 bits per heavy atom. The van der Waals surface area contributed by atoms with Crippen molar-refractivity contribution in [1.29, 1.82) is 5.41 Å². The second-order valence-corrected chi connectivity index (χ2v) is 3.34. The smallest absolute Gasteiger partial charge is 0.341 e. The van der Waals surface area contributed by atoms with Gasteiger partial charge in [-0.2, -0.15) is 0 Å². The Morgan fingerprint density at radius 3 is 2.71 bits per heavy atom. The molecule has 1 saturated carbocycles. The van der Waals surface area contributed by atoms with Gasteiger partial charge in [0.1, 0.15) is 0 Å². The highest BCUT2D eigenvalue weighted by atomic mass is 16.5. The quantitative estimate of drug-likeness (QED) is 0.395. The molecule has 0 heterocycles. The summed E-state index contributed by atoms with van der Waals surface area (Å²) in [5, 5.41) is 10.5. The maximum absolute atomic E-state index is 11.3. The van der Waals surface area contributed by atoms with Crippen LogP contribution in [0, 0.1) is 5.41 Å². The summed E-state index contributed by atoms with van der Waals surface area (Å²) in [6.45, 7) is 3.67. The monoisotopic (exact) mass is 196 g/mol. The van der Waals surface area contributed by atoms with E-state index in [0.29, 0.717) is 18.2 Å². The molecule has 1 aliphatic rings. The van der Waals surface area contributed by atoms with Crippen LogP contribution < -0.4 is 5.32 Å². The van der Waals surface area contributed by atoms with Crippen molar-refractivity contribution >= 4 is 11.7 Å². The van der Waals surface area contributed by atoms with Crippen LogP contribution in [-0.2, 0) is 9.53 Å². The highest BCUT2D eigenvalue weighted by Crippen LogP contribution is 2.18. The summed E-state index contributed by atoms with van der Waals surface area (Å²) in [5.74, 6) is -0.423. The number of hydrogen-bond donors (Lipinski definition) is 2. The number of ether oxygens (including phenoxy) is 1. The van der Waals surface area contributed by atoms with E-state index in [-0.39, 0.29) is 5.71 Å². The Bertz CT molecular complexity index is 267. The number of carbonyl (C=O) groups is 1. The van der Waals surface area contributed by atoms with Crippen LogP contribution in [0.1, 0.15) is 26.7 Å². The third-order valence-electron chi connectivity index (χ3n) is 1.94. The standard InChI is InChI=1S/C10H16N2O2/c1-3-14-10(13)9(7(2)11)6-12-8-4-5-8/h6,8,11-12H,3-5H2,1-2H3/b9-6+,11-7?. The predicted octanol–water partition coefficient (Wildman–Crippen LogP) is 1.23. The molecule has 0 radical (unpaired) electrons. The molecule has 0 aromatic heterocycles. The van der Waals surface area contributed by atoms with E-state index in [1.807, 2.05) is 0 Å². The normalized spacial score (nSPS) is 16.3. The van der Waals surface area contributed by atoms with E-state index >= 15 is 0 Å². The second kappa shape index (κ2) is 4.79. The van der Waals surface area contributed by atoms with Crippen molar-refractivity contribution in [2.45, 2.75) is 32.7 Å². The fourth-order valence-corrected chi connectivity index (χ4v) is 0.980. The van der Waals surface area contributed by atoms with Crippen molar-refractivity contribution in [1.82, 2.24) is 5.32 Å². The van der Waals surface area contributed by atoms with E-state index in [1.54, 1.807) is 20.0 Å². The summed E-state index contributed by atoms with van der Waals surface area (Å²) in [6, 6.07) is 0.485. The zero-order valence-electron chi connectivity index (χ0n) is 8.59. The SMILES string of the molecule is CCOC(=O)/C(=C/NC1CC1)C(C)=N. The fraction of sp³-hybridized carbons (Fsp3) is 0.600. The number of hydrogen-bond acceptors (Lipinski definition) is 4. The van der Waals surface area contributed by atoms with Crippen LogP contribution in [-0.4, -0.2) is 24.3 Å². The van der Waals surface area contributed by atoms with Gasteiger partial charge in [0, 0.05) is 18.0 Å². The van der Waals surface area contributed by atoms with Gasteiger partial charge in [-0.15, -0.1) is 0 Å². The second-order valence-electron chi connectivity index (χ2n) is 3.34. The minimum atomic E-state index is -0.423. The molecule has 0 amide bonds. The van der Waals surface area contributed by atoms with Crippen LogP contribution in [0.3, 0.4) is 0 Å². The van der Waals surface area contributed by atoms with Gasteiger partial charge < -0.3 is 15.5 Å². The first-order valence-corrected chi connectivity index (χ1v) is 4.84. The summed E-state index contributed by atoms with van der Waals surface area (Å²) in [6.07, 6.45) is 3.88. The summed E-state index contributed by atoms with van der Waals surface area (Å²) in [7, 11) is 0. The highest BCUT2D eigenvalue weighted by Gasteiger charge is 2.20. The summed E-state index contributed by atoms with van der Waals surface area (Å²) >= 11 is 0.